The standard InChI is InChI=1S/C18H17NO7S/c1-24-17(22)11-5-6-13(18(23)25-2)14(8-11)19-15(20)10-26-16(21)9-12-4-3-7-27-12/h3-8H,9-10H2,1-2H3,(H,19,20). The van der Waals surface area contributed by atoms with E-state index in [-0.39, 0.29) is 23.2 Å². The summed E-state index contributed by atoms with van der Waals surface area (Å²) in [5, 5.41) is 4.27. The van der Waals surface area contributed by atoms with E-state index < -0.39 is 30.4 Å². The van der Waals surface area contributed by atoms with Gasteiger partial charge in [-0.2, -0.15) is 0 Å². The molecule has 8 nitrogen and oxygen atoms in total. The lowest BCUT2D eigenvalue weighted by atomic mass is 10.1. The first-order chi connectivity index (χ1) is 12.9. The highest BCUT2D eigenvalue weighted by atomic mass is 32.1. The van der Waals surface area contributed by atoms with Crippen molar-refractivity contribution in [3.63, 3.8) is 0 Å². The number of hydrogen-bond donors (Lipinski definition) is 1. The molecular weight excluding hydrogens is 374 g/mol. The summed E-state index contributed by atoms with van der Waals surface area (Å²) < 4.78 is 14.2. The average Bonchev–Trinajstić information content (AvgIpc) is 3.18. The summed E-state index contributed by atoms with van der Waals surface area (Å²) >= 11 is 1.41. The van der Waals surface area contributed by atoms with E-state index in [4.69, 9.17) is 4.74 Å². The van der Waals surface area contributed by atoms with Crippen molar-refractivity contribution >= 4 is 40.8 Å². The molecule has 2 rings (SSSR count). The van der Waals surface area contributed by atoms with Gasteiger partial charge in [-0.3, -0.25) is 9.59 Å². The summed E-state index contributed by atoms with van der Waals surface area (Å²) in [5.41, 5.74) is 0.225. The van der Waals surface area contributed by atoms with Crippen LogP contribution in [0.15, 0.2) is 35.7 Å². The van der Waals surface area contributed by atoms with E-state index in [1.54, 1.807) is 6.07 Å². The Morgan fingerprint density at radius 2 is 1.78 bits per heavy atom. The van der Waals surface area contributed by atoms with Gasteiger partial charge in [-0.05, 0) is 29.6 Å². The van der Waals surface area contributed by atoms with Crippen LogP contribution in [-0.4, -0.2) is 44.6 Å². The summed E-state index contributed by atoms with van der Waals surface area (Å²) in [6, 6.07) is 7.57. The van der Waals surface area contributed by atoms with Crippen LogP contribution in [0.3, 0.4) is 0 Å². The topological polar surface area (TPSA) is 108 Å². The first-order valence-corrected chi connectivity index (χ1v) is 8.61. The molecule has 1 amide bonds. The number of carbonyl (C=O) groups excluding carboxylic acids is 4. The van der Waals surface area contributed by atoms with Gasteiger partial charge < -0.3 is 19.5 Å². The van der Waals surface area contributed by atoms with Gasteiger partial charge in [-0.1, -0.05) is 6.07 Å². The van der Waals surface area contributed by atoms with Crippen molar-refractivity contribution in [1.29, 1.82) is 0 Å². The zero-order chi connectivity index (χ0) is 19.8. The minimum absolute atomic E-state index is 0.0448. The third kappa shape index (κ3) is 5.65. The van der Waals surface area contributed by atoms with Gasteiger partial charge in [0, 0.05) is 4.88 Å². The van der Waals surface area contributed by atoms with Crippen molar-refractivity contribution in [3.8, 4) is 0 Å². The Balaban J connectivity index is 2.04. The maximum absolute atomic E-state index is 12.1. The van der Waals surface area contributed by atoms with Gasteiger partial charge in [0.2, 0.25) is 0 Å². The molecule has 0 fully saturated rings. The van der Waals surface area contributed by atoms with Gasteiger partial charge in [0.25, 0.3) is 5.91 Å². The molecule has 0 atom stereocenters. The van der Waals surface area contributed by atoms with E-state index in [9.17, 15) is 19.2 Å². The third-order valence-electron chi connectivity index (χ3n) is 3.38. The van der Waals surface area contributed by atoms with E-state index in [2.05, 4.69) is 14.8 Å². The molecule has 0 spiro atoms. The minimum Gasteiger partial charge on any atom is -0.465 e. The van der Waals surface area contributed by atoms with Crippen LogP contribution in [0.25, 0.3) is 0 Å². The smallest absolute Gasteiger partial charge is 0.339 e. The molecular formula is C18H17NO7S. The summed E-state index contributed by atoms with van der Waals surface area (Å²) in [6.45, 7) is -0.534. The predicted molar refractivity (Wildman–Crippen MR) is 96.7 cm³/mol. The first-order valence-electron chi connectivity index (χ1n) is 7.73. The lowest BCUT2D eigenvalue weighted by Gasteiger charge is -2.11. The molecule has 0 unspecified atom stereocenters. The van der Waals surface area contributed by atoms with Gasteiger partial charge in [-0.15, -0.1) is 11.3 Å². The number of carbonyl (C=O) groups is 4. The SMILES string of the molecule is COC(=O)c1ccc(C(=O)OC)c(NC(=O)COC(=O)Cc2cccs2)c1. The second kappa shape index (κ2) is 9.48. The molecule has 0 aliphatic heterocycles. The summed E-state index contributed by atoms with van der Waals surface area (Å²) in [5.74, 6) is -2.55. The number of methoxy groups -OCH3 is 2. The van der Waals surface area contributed by atoms with Gasteiger partial charge in [0.1, 0.15) is 0 Å². The number of hydrogen-bond acceptors (Lipinski definition) is 8. The minimum atomic E-state index is -0.698. The summed E-state index contributed by atoms with van der Waals surface area (Å²) in [6.07, 6.45) is 0.0657. The normalized spacial score (nSPS) is 10.0. The highest BCUT2D eigenvalue weighted by Gasteiger charge is 2.18. The molecule has 0 radical (unpaired) electrons. The van der Waals surface area contributed by atoms with Crippen LogP contribution in [0.4, 0.5) is 5.69 Å². The van der Waals surface area contributed by atoms with E-state index in [0.29, 0.717) is 0 Å². The molecule has 1 N–H and O–H groups in total. The van der Waals surface area contributed by atoms with Crippen LogP contribution in [0.2, 0.25) is 0 Å². The Labute approximate surface area is 159 Å². The molecule has 0 aliphatic rings. The quantitative estimate of drug-likeness (QED) is 0.568. The lowest BCUT2D eigenvalue weighted by Crippen LogP contribution is -2.23. The highest BCUT2D eigenvalue weighted by molar-refractivity contribution is 7.10. The van der Waals surface area contributed by atoms with Crippen molar-refractivity contribution in [2.75, 3.05) is 26.1 Å². The molecule has 1 aromatic heterocycles. The van der Waals surface area contributed by atoms with Crippen LogP contribution >= 0.6 is 11.3 Å². The first kappa shape index (κ1) is 20.1. The van der Waals surface area contributed by atoms with Crippen LogP contribution in [-0.2, 0) is 30.2 Å². The van der Waals surface area contributed by atoms with Gasteiger partial charge in [0.05, 0.1) is 37.5 Å². The van der Waals surface area contributed by atoms with Crippen molar-refractivity contribution in [1.82, 2.24) is 0 Å². The molecule has 0 saturated heterocycles. The van der Waals surface area contributed by atoms with Crippen LogP contribution in [0.5, 0.6) is 0 Å². The van der Waals surface area contributed by atoms with Crippen molar-refractivity contribution in [2.24, 2.45) is 0 Å². The maximum Gasteiger partial charge on any atom is 0.339 e. The fourth-order valence-electron chi connectivity index (χ4n) is 2.12. The van der Waals surface area contributed by atoms with Gasteiger partial charge in [0.15, 0.2) is 6.61 Å². The van der Waals surface area contributed by atoms with E-state index in [0.717, 1.165) is 4.88 Å². The molecule has 0 bridgehead atoms. The fourth-order valence-corrected chi connectivity index (χ4v) is 2.81. The van der Waals surface area contributed by atoms with Crippen LogP contribution in [0.1, 0.15) is 25.6 Å². The molecule has 1 heterocycles. The van der Waals surface area contributed by atoms with Crippen molar-refractivity contribution in [3.05, 3.63) is 51.7 Å². The van der Waals surface area contributed by atoms with Gasteiger partial charge >= 0.3 is 17.9 Å². The maximum atomic E-state index is 12.1. The van der Waals surface area contributed by atoms with Crippen LogP contribution < -0.4 is 5.32 Å². The van der Waals surface area contributed by atoms with E-state index >= 15 is 0 Å². The van der Waals surface area contributed by atoms with Gasteiger partial charge in [-0.25, -0.2) is 9.59 Å². The monoisotopic (exact) mass is 391 g/mol. The number of benzene rings is 1. The lowest BCUT2D eigenvalue weighted by molar-refractivity contribution is -0.146. The molecule has 0 saturated carbocycles. The Kier molecular flexibility index (Phi) is 7.07. The Morgan fingerprint density at radius 1 is 1.04 bits per heavy atom. The highest BCUT2D eigenvalue weighted by Crippen LogP contribution is 2.20. The van der Waals surface area contributed by atoms with E-state index in [1.165, 1.54) is 43.8 Å². The fraction of sp³-hybridized carbons (Fsp3) is 0.222. The number of nitrogens with one attached hydrogen (secondary N) is 1. The Morgan fingerprint density at radius 3 is 2.41 bits per heavy atom. The number of thiophene rings is 1. The third-order valence-corrected chi connectivity index (χ3v) is 4.26. The molecule has 1 aromatic carbocycles. The molecule has 0 aliphatic carbocycles. The Hall–Kier alpha value is -3.20. The van der Waals surface area contributed by atoms with Crippen LogP contribution in [0, 0.1) is 0 Å². The number of anilines is 1. The summed E-state index contributed by atoms with van der Waals surface area (Å²) in [4.78, 5) is 48.1. The zero-order valence-electron chi connectivity index (χ0n) is 14.6. The molecule has 27 heavy (non-hydrogen) atoms. The summed E-state index contributed by atoms with van der Waals surface area (Å²) in [7, 11) is 2.40. The molecule has 2 aromatic rings. The largest absolute Gasteiger partial charge is 0.465 e. The average molecular weight is 391 g/mol. The number of amides is 1. The number of esters is 3. The predicted octanol–water partition coefficient (Wildman–Crippen LogP) is 2.05. The Bertz CT molecular complexity index is 845. The van der Waals surface area contributed by atoms with Crippen molar-refractivity contribution < 1.29 is 33.4 Å². The van der Waals surface area contributed by atoms with Crippen molar-refractivity contribution in [2.45, 2.75) is 6.42 Å². The second-order valence-corrected chi connectivity index (χ2v) is 6.24. The number of ether oxygens (including phenoxy) is 3. The number of rotatable bonds is 7. The van der Waals surface area contributed by atoms with E-state index in [1.807, 2.05) is 11.4 Å². The zero-order valence-corrected chi connectivity index (χ0v) is 15.5. The second-order valence-electron chi connectivity index (χ2n) is 5.21. The molecule has 142 valence electrons. The molecule has 9 heteroatoms.